The molecule has 0 radical (unpaired) electrons. The zero-order chi connectivity index (χ0) is 30.9. The molecule has 0 atom stereocenters. The van der Waals surface area contributed by atoms with Crippen molar-refractivity contribution in [3.63, 3.8) is 0 Å². The van der Waals surface area contributed by atoms with Gasteiger partial charge in [-0.1, -0.05) is 49.4 Å². The smallest absolute Gasteiger partial charge is 0.406 e. The van der Waals surface area contributed by atoms with Gasteiger partial charge in [-0.3, -0.25) is 0 Å². The molecule has 0 spiro atoms. The maximum atomic E-state index is 12.9. The second kappa shape index (κ2) is 11.7. The zero-order valence-corrected chi connectivity index (χ0v) is 25.0. The summed E-state index contributed by atoms with van der Waals surface area (Å²) in [6.45, 7) is 9.08. The number of esters is 1. The summed E-state index contributed by atoms with van der Waals surface area (Å²) in [4.78, 5) is 22.1. The standard InChI is InChI=1S/C34H35F3N4O2/c1-6-9-30-39-31-22(2)16-25(28-19-40(21-38-28)20-34(35,36)37)17-29(31)41(30)18-23-12-14-24(15-13-23)26-10-7-8-11-27(26)32(42)43-33(3,4)5/h7-8,10-17,19,21H,6,9,18,20H2,1-5H3. The summed E-state index contributed by atoms with van der Waals surface area (Å²) in [7, 11) is 0. The number of nitrogens with zero attached hydrogens (tertiary/aromatic N) is 4. The number of carbonyl (C=O) groups excluding carboxylic acids is 1. The number of ether oxygens (including phenoxy) is 1. The topological polar surface area (TPSA) is 61.9 Å². The molecule has 5 rings (SSSR count). The Morgan fingerprint density at radius 2 is 1.70 bits per heavy atom. The fraction of sp³-hybridized carbons (Fsp3) is 0.324. The Balaban J connectivity index is 1.48. The van der Waals surface area contributed by atoms with Gasteiger partial charge in [0.15, 0.2) is 0 Å². The van der Waals surface area contributed by atoms with Crippen LogP contribution >= 0.6 is 0 Å². The molecular formula is C34H35F3N4O2. The average Bonchev–Trinajstić information content (AvgIpc) is 3.52. The number of aromatic nitrogens is 4. The molecule has 5 aromatic rings. The van der Waals surface area contributed by atoms with Crippen LogP contribution < -0.4 is 0 Å². The minimum Gasteiger partial charge on any atom is -0.456 e. The summed E-state index contributed by atoms with van der Waals surface area (Å²) in [5, 5.41) is 0. The van der Waals surface area contributed by atoms with Crippen LogP contribution in [-0.2, 0) is 24.2 Å². The molecular weight excluding hydrogens is 553 g/mol. The van der Waals surface area contributed by atoms with Crippen molar-refractivity contribution in [2.45, 2.75) is 72.3 Å². The molecule has 0 aliphatic heterocycles. The molecule has 0 saturated heterocycles. The van der Waals surface area contributed by atoms with Crippen LogP contribution in [0.1, 0.15) is 61.4 Å². The highest BCUT2D eigenvalue weighted by Gasteiger charge is 2.28. The van der Waals surface area contributed by atoms with Crippen LogP contribution in [0.2, 0.25) is 0 Å². The molecule has 6 nitrogen and oxygen atoms in total. The fourth-order valence-corrected chi connectivity index (χ4v) is 5.20. The number of benzene rings is 3. The van der Waals surface area contributed by atoms with Gasteiger partial charge in [0, 0.05) is 24.7 Å². The fourth-order valence-electron chi connectivity index (χ4n) is 5.20. The van der Waals surface area contributed by atoms with Crippen LogP contribution in [0.15, 0.2) is 73.2 Å². The van der Waals surface area contributed by atoms with Crippen molar-refractivity contribution in [2.24, 2.45) is 0 Å². The van der Waals surface area contributed by atoms with E-state index in [1.807, 2.05) is 82.3 Å². The maximum Gasteiger partial charge on any atom is 0.406 e. The molecule has 0 amide bonds. The number of fused-ring (bicyclic) bond motifs is 1. The van der Waals surface area contributed by atoms with E-state index < -0.39 is 18.3 Å². The molecule has 0 aliphatic carbocycles. The third-order valence-electron chi connectivity index (χ3n) is 7.04. The van der Waals surface area contributed by atoms with Crippen molar-refractivity contribution in [3.05, 3.63) is 95.7 Å². The van der Waals surface area contributed by atoms with Crippen molar-refractivity contribution in [1.82, 2.24) is 19.1 Å². The number of rotatable bonds is 8. The lowest BCUT2D eigenvalue weighted by Gasteiger charge is -2.20. The number of hydrogen-bond acceptors (Lipinski definition) is 4. The highest BCUT2D eigenvalue weighted by atomic mass is 19.4. The largest absolute Gasteiger partial charge is 0.456 e. The number of aryl methyl sites for hydroxylation is 2. The molecule has 9 heteroatoms. The summed E-state index contributed by atoms with van der Waals surface area (Å²) in [6.07, 6.45) is 0.0155. The number of alkyl halides is 3. The maximum absolute atomic E-state index is 12.9. The molecule has 0 unspecified atom stereocenters. The number of imidazole rings is 2. The van der Waals surface area contributed by atoms with E-state index >= 15 is 0 Å². The van der Waals surface area contributed by atoms with Gasteiger partial charge in [0.2, 0.25) is 0 Å². The van der Waals surface area contributed by atoms with E-state index in [0.717, 1.165) is 62.1 Å². The zero-order valence-electron chi connectivity index (χ0n) is 25.0. The Morgan fingerprint density at radius 3 is 2.37 bits per heavy atom. The lowest BCUT2D eigenvalue weighted by Crippen LogP contribution is -2.24. The van der Waals surface area contributed by atoms with Gasteiger partial charge in [0.05, 0.1) is 28.6 Å². The summed E-state index contributed by atoms with van der Waals surface area (Å²) >= 11 is 0. The molecule has 2 heterocycles. The number of carbonyl (C=O) groups is 1. The van der Waals surface area contributed by atoms with Crippen molar-refractivity contribution in [1.29, 1.82) is 0 Å². The van der Waals surface area contributed by atoms with E-state index in [4.69, 9.17) is 9.72 Å². The summed E-state index contributed by atoms with van der Waals surface area (Å²) in [6, 6.07) is 19.4. The van der Waals surface area contributed by atoms with Gasteiger partial charge in [0.25, 0.3) is 0 Å². The van der Waals surface area contributed by atoms with Gasteiger partial charge in [-0.25, -0.2) is 14.8 Å². The van der Waals surface area contributed by atoms with Gasteiger partial charge in [0.1, 0.15) is 18.0 Å². The molecule has 0 aliphatic rings. The first-order valence-electron chi connectivity index (χ1n) is 14.3. The molecule has 3 aromatic carbocycles. The predicted octanol–water partition coefficient (Wildman–Crippen LogP) is 8.39. The Labute approximate surface area is 249 Å². The Morgan fingerprint density at radius 1 is 0.977 bits per heavy atom. The second-order valence-electron chi connectivity index (χ2n) is 11.8. The summed E-state index contributed by atoms with van der Waals surface area (Å²) < 4.78 is 47.6. The minimum atomic E-state index is -4.32. The summed E-state index contributed by atoms with van der Waals surface area (Å²) in [5.74, 6) is 0.579. The minimum absolute atomic E-state index is 0.365. The van der Waals surface area contributed by atoms with E-state index in [-0.39, 0.29) is 5.97 Å². The van der Waals surface area contributed by atoms with Gasteiger partial charge in [-0.05, 0) is 74.6 Å². The van der Waals surface area contributed by atoms with Crippen LogP contribution in [0.25, 0.3) is 33.4 Å². The van der Waals surface area contributed by atoms with E-state index in [0.29, 0.717) is 17.8 Å². The average molecular weight is 589 g/mol. The monoisotopic (exact) mass is 588 g/mol. The predicted molar refractivity (Wildman–Crippen MR) is 162 cm³/mol. The SMILES string of the molecule is CCCc1nc2c(C)cc(-c3cn(CC(F)(F)F)cn3)cc2n1Cc1ccc(-c2ccccc2C(=O)OC(C)(C)C)cc1. The quantitative estimate of drug-likeness (QED) is 0.171. The van der Waals surface area contributed by atoms with Gasteiger partial charge in [-0.15, -0.1) is 0 Å². The van der Waals surface area contributed by atoms with Crippen molar-refractivity contribution in [3.8, 4) is 22.4 Å². The highest BCUT2D eigenvalue weighted by Crippen LogP contribution is 2.30. The number of hydrogen-bond donors (Lipinski definition) is 0. The molecule has 224 valence electrons. The van der Waals surface area contributed by atoms with Crippen LogP contribution in [0.3, 0.4) is 0 Å². The Hall–Kier alpha value is -4.40. The van der Waals surface area contributed by atoms with Crippen LogP contribution in [0, 0.1) is 6.92 Å². The molecule has 0 fully saturated rings. The number of halogens is 3. The molecule has 2 aromatic heterocycles. The first-order chi connectivity index (χ1) is 20.3. The second-order valence-corrected chi connectivity index (χ2v) is 11.8. The first kappa shape index (κ1) is 30.1. The highest BCUT2D eigenvalue weighted by molar-refractivity contribution is 5.97. The summed E-state index contributed by atoms with van der Waals surface area (Å²) in [5.41, 5.74) is 6.59. The third-order valence-corrected chi connectivity index (χ3v) is 7.04. The molecule has 43 heavy (non-hydrogen) atoms. The first-order valence-corrected chi connectivity index (χ1v) is 14.3. The van der Waals surface area contributed by atoms with Crippen LogP contribution in [0.5, 0.6) is 0 Å². The molecule has 0 bridgehead atoms. The van der Waals surface area contributed by atoms with Crippen LogP contribution in [0.4, 0.5) is 13.2 Å². The van der Waals surface area contributed by atoms with Gasteiger partial charge in [-0.2, -0.15) is 13.2 Å². The van der Waals surface area contributed by atoms with Gasteiger partial charge < -0.3 is 13.9 Å². The van der Waals surface area contributed by atoms with Crippen molar-refractivity contribution < 1.29 is 22.7 Å². The van der Waals surface area contributed by atoms with E-state index in [9.17, 15) is 18.0 Å². The van der Waals surface area contributed by atoms with E-state index in [1.54, 1.807) is 6.07 Å². The Kier molecular flexibility index (Phi) is 8.18. The lowest BCUT2D eigenvalue weighted by molar-refractivity contribution is -0.140. The third kappa shape index (κ3) is 6.98. The van der Waals surface area contributed by atoms with E-state index in [1.165, 1.54) is 12.5 Å². The van der Waals surface area contributed by atoms with E-state index in [2.05, 4.69) is 16.5 Å². The molecule has 0 N–H and O–H groups in total. The van der Waals surface area contributed by atoms with Crippen LogP contribution in [-0.4, -0.2) is 36.8 Å². The normalized spacial score (nSPS) is 12.2. The van der Waals surface area contributed by atoms with Gasteiger partial charge >= 0.3 is 12.1 Å². The lowest BCUT2D eigenvalue weighted by atomic mass is 9.98. The van der Waals surface area contributed by atoms with Crippen molar-refractivity contribution >= 4 is 17.0 Å². The Bertz CT molecular complexity index is 1760. The van der Waals surface area contributed by atoms with Crippen molar-refractivity contribution in [2.75, 3.05) is 0 Å². The molecule has 0 saturated carbocycles.